The molecule has 0 bridgehead atoms. The van der Waals surface area contributed by atoms with E-state index in [2.05, 4.69) is 10.3 Å². The van der Waals surface area contributed by atoms with Crippen molar-refractivity contribution < 1.29 is 14.1 Å². The van der Waals surface area contributed by atoms with Crippen molar-refractivity contribution in [3.05, 3.63) is 70.1 Å². The number of hydrogen-bond donors (Lipinski definition) is 2. The minimum Gasteiger partial charge on any atom is -0.441 e. The van der Waals surface area contributed by atoms with E-state index in [0.29, 0.717) is 22.9 Å². The molecule has 0 radical (unpaired) electrons. The zero-order valence-electron chi connectivity index (χ0n) is 13.2. The predicted molar refractivity (Wildman–Crippen MR) is 92.1 cm³/mol. The topological polar surface area (TPSA) is 124 Å². The van der Waals surface area contributed by atoms with Crippen molar-refractivity contribution in [2.45, 2.75) is 6.92 Å². The maximum absolute atomic E-state index is 12.3. The summed E-state index contributed by atoms with van der Waals surface area (Å²) in [6.07, 6.45) is 1.61. The van der Waals surface area contributed by atoms with Gasteiger partial charge in [0.05, 0.1) is 11.1 Å². The Kier molecular flexibility index (Phi) is 4.17. The van der Waals surface area contributed by atoms with Crippen LogP contribution >= 0.6 is 0 Å². The number of aryl methyl sites for hydroxylation is 1. The highest BCUT2D eigenvalue weighted by atomic mass is 16.6. The fourth-order valence-corrected chi connectivity index (χ4v) is 2.26. The Morgan fingerprint density at radius 1 is 1.28 bits per heavy atom. The molecule has 3 rings (SSSR count). The quantitative estimate of drug-likeness (QED) is 0.427. The third-order valence-electron chi connectivity index (χ3n) is 3.48. The first-order chi connectivity index (χ1) is 11.9. The van der Waals surface area contributed by atoms with Gasteiger partial charge >= 0.3 is 0 Å². The van der Waals surface area contributed by atoms with E-state index in [1.165, 1.54) is 12.1 Å². The second-order valence-electron chi connectivity index (χ2n) is 5.34. The zero-order chi connectivity index (χ0) is 18.0. The number of nitro groups is 1. The minimum absolute atomic E-state index is 0.00260. The summed E-state index contributed by atoms with van der Waals surface area (Å²) in [5.74, 6) is 0.638. The maximum Gasteiger partial charge on any atom is 0.292 e. The van der Waals surface area contributed by atoms with E-state index in [1.807, 2.05) is 0 Å². The first-order valence-electron chi connectivity index (χ1n) is 7.32. The van der Waals surface area contributed by atoms with Crippen LogP contribution in [0.5, 0.6) is 0 Å². The van der Waals surface area contributed by atoms with Gasteiger partial charge in [0.2, 0.25) is 5.89 Å². The molecule has 0 spiro atoms. The average molecular weight is 338 g/mol. The number of carbonyl (C=O) groups is 1. The summed E-state index contributed by atoms with van der Waals surface area (Å²) in [5.41, 5.74) is 6.58. The lowest BCUT2D eigenvalue weighted by molar-refractivity contribution is -0.383. The van der Waals surface area contributed by atoms with E-state index in [1.54, 1.807) is 37.4 Å². The van der Waals surface area contributed by atoms with E-state index in [0.717, 1.165) is 6.07 Å². The molecule has 3 aromatic rings. The van der Waals surface area contributed by atoms with Crippen molar-refractivity contribution in [3.63, 3.8) is 0 Å². The monoisotopic (exact) mass is 338 g/mol. The van der Waals surface area contributed by atoms with Crippen LogP contribution in [0, 0.1) is 17.0 Å². The summed E-state index contributed by atoms with van der Waals surface area (Å²) in [5, 5.41) is 13.6. The number of rotatable bonds is 4. The number of nitrogens with two attached hydrogens (primary N) is 1. The molecule has 0 aliphatic carbocycles. The Labute approximate surface area is 142 Å². The summed E-state index contributed by atoms with van der Waals surface area (Å²) in [4.78, 5) is 26.8. The molecule has 1 amide bonds. The molecular formula is C17H14N4O4. The smallest absolute Gasteiger partial charge is 0.292 e. The van der Waals surface area contributed by atoms with Crippen LogP contribution in [0.4, 0.5) is 17.1 Å². The molecule has 0 saturated carbocycles. The molecule has 8 heteroatoms. The van der Waals surface area contributed by atoms with Crippen LogP contribution in [0.25, 0.3) is 11.5 Å². The van der Waals surface area contributed by atoms with Crippen molar-refractivity contribution >= 4 is 23.0 Å². The van der Waals surface area contributed by atoms with Crippen LogP contribution in [0.3, 0.4) is 0 Å². The van der Waals surface area contributed by atoms with Gasteiger partial charge in [0.1, 0.15) is 11.4 Å². The minimum atomic E-state index is -0.627. The van der Waals surface area contributed by atoms with E-state index in [9.17, 15) is 14.9 Å². The van der Waals surface area contributed by atoms with Gasteiger partial charge in [-0.3, -0.25) is 14.9 Å². The number of oxazole rings is 1. The number of nitrogens with one attached hydrogen (secondary N) is 1. The van der Waals surface area contributed by atoms with Crippen molar-refractivity contribution in [2.24, 2.45) is 0 Å². The molecule has 126 valence electrons. The Morgan fingerprint density at radius 3 is 2.76 bits per heavy atom. The number of benzene rings is 2. The molecule has 1 heterocycles. The summed E-state index contributed by atoms with van der Waals surface area (Å²) in [7, 11) is 0. The lowest BCUT2D eigenvalue weighted by Crippen LogP contribution is -2.12. The molecule has 0 saturated heterocycles. The van der Waals surface area contributed by atoms with Crippen molar-refractivity contribution in [1.29, 1.82) is 0 Å². The second-order valence-corrected chi connectivity index (χ2v) is 5.34. The van der Waals surface area contributed by atoms with Crippen molar-refractivity contribution in [2.75, 3.05) is 11.1 Å². The Hall–Kier alpha value is -3.68. The maximum atomic E-state index is 12.3. The van der Waals surface area contributed by atoms with Gasteiger partial charge in [0.25, 0.3) is 11.6 Å². The van der Waals surface area contributed by atoms with Gasteiger partial charge in [0, 0.05) is 22.9 Å². The molecule has 0 atom stereocenters. The Morgan fingerprint density at radius 2 is 2.08 bits per heavy atom. The van der Waals surface area contributed by atoms with Gasteiger partial charge in [-0.1, -0.05) is 6.07 Å². The van der Waals surface area contributed by atoms with Gasteiger partial charge in [-0.2, -0.15) is 0 Å². The van der Waals surface area contributed by atoms with Crippen LogP contribution < -0.4 is 11.1 Å². The second kappa shape index (κ2) is 6.44. The summed E-state index contributed by atoms with van der Waals surface area (Å²) < 4.78 is 5.46. The van der Waals surface area contributed by atoms with Gasteiger partial charge in [-0.05, 0) is 37.3 Å². The first-order valence-corrected chi connectivity index (χ1v) is 7.32. The summed E-state index contributed by atoms with van der Waals surface area (Å²) in [6, 6.07) is 10.9. The Bertz CT molecular complexity index is 965. The molecule has 25 heavy (non-hydrogen) atoms. The van der Waals surface area contributed by atoms with Crippen LogP contribution in [0.15, 0.2) is 53.1 Å². The summed E-state index contributed by atoms with van der Waals surface area (Å²) in [6.45, 7) is 1.79. The molecule has 2 aromatic carbocycles. The molecule has 0 aliphatic rings. The largest absolute Gasteiger partial charge is 0.441 e. The standard InChI is InChI=1S/C17H14N4O4/c1-10-9-19-17(25-10)12-3-2-4-13(7-12)20-16(22)11-5-6-14(18)15(8-11)21(23)24/h2-9H,18H2,1H3,(H,20,22). The number of nitrogen functional groups attached to an aromatic ring is 1. The lowest BCUT2D eigenvalue weighted by Gasteiger charge is -2.07. The van der Waals surface area contributed by atoms with Crippen molar-refractivity contribution in [1.82, 2.24) is 4.98 Å². The molecule has 0 aliphatic heterocycles. The molecular weight excluding hydrogens is 324 g/mol. The lowest BCUT2D eigenvalue weighted by atomic mass is 10.1. The number of nitro benzene ring substituents is 1. The van der Waals surface area contributed by atoms with Gasteiger partial charge in [-0.25, -0.2) is 4.98 Å². The number of carbonyl (C=O) groups excluding carboxylic acids is 1. The van der Waals surface area contributed by atoms with Crippen molar-refractivity contribution in [3.8, 4) is 11.5 Å². The highest BCUT2D eigenvalue weighted by Crippen LogP contribution is 2.25. The van der Waals surface area contributed by atoms with E-state index in [-0.39, 0.29) is 16.9 Å². The molecule has 1 aromatic heterocycles. The van der Waals surface area contributed by atoms with Crippen LogP contribution in [-0.2, 0) is 0 Å². The Balaban J connectivity index is 1.84. The highest BCUT2D eigenvalue weighted by molar-refractivity contribution is 6.05. The molecule has 0 fully saturated rings. The predicted octanol–water partition coefficient (Wildman–Crippen LogP) is 3.39. The summed E-state index contributed by atoms with van der Waals surface area (Å²) >= 11 is 0. The van der Waals surface area contributed by atoms with Gasteiger partial charge in [-0.15, -0.1) is 0 Å². The number of aromatic nitrogens is 1. The number of nitrogens with zero attached hydrogens (tertiary/aromatic N) is 2. The molecule has 0 unspecified atom stereocenters. The van der Waals surface area contributed by atoms with Crippen LogP contribution in [0.2, 0.25) is 0 Å². The van der Waals surface area contributed by atoms with E-state index in [4.69, 9.17) is 10.2 Å². The zero-order valence-corrected chi connectivity index (χ0v) is 13.2. The highest BCUT2D eigenvalue weighted by Gasteiger charge is 2.16. The van der Waals surface area contributed by atoms with E-state index >= 15 is 0 Å². The van der Waals surface area contributed by atoms with Crippen LogP contribution in [-0.4, -0.2) is 15.8 Å². The fourth-order valence-electron chi connectivity index (χ4n) is 2.26. The third kappa shape index (κ3) is 3.47. The van der Waals surface area contributed by atoms with E-state index < -0.39 is 10.8 Å². The third-order valence-corrected chi connectivity index (χ3v) is 3.48. The van der Waals surface area contributed by atoms with Crippen LogP contribution in [0.1, 0.15) is 16.1 Å². The number of amides is 1. The fraction of sp³-hybridized carbons (Fsp3) is 0.0588. The van der Waals surface area contributed by atoms with Gasteiger partial charge < -0.3 is 15.5 Å². The molecule has 3 N–H and O–H groups in total. The number of anilines is 2. The van der Waals surface area contributed by atoms with Gasteiger partial charge in [0.15, 0.2) is 0 Å². The average Bonchev–Trinajstić information content (AvgIpc) is 3.01. The number of hydrogen-bond acceptors (Lipinski definition) is 6. The SMILES string of the molecule is Cc1cnc(-c2cccc(NC(=O)c3ccc(N)c([N+](=O)[O-])c3)c2)o1. The molecule has 8 nitrogen and oxygen atoms in total. The first kappa shape index (κ1) is 16.2. The normalized spacial score (nSPS) is 10.4.